The molecule has 5 nitrogen and oxygen atoms in total. The summed E-state index contributed by atoms with van der Waals surface area (Å²) in [6.07, 6.45) is 10.2. The minimum Gasteiger partial charge on any atom is -0.491 e. The maximum Gasteiger partial charge on any atom is 0.343 e. The molecule has 0 spiro atoms. The predicted octanol–water partition coefficient (Wildman–Crippen LogP) is 9.57. The summed E-state index contributed by atoms with van der Waals surface area (Å²) < 4.78 is 45.5. The van der Waals surface area contributed by atoms with Gasteiger partial charge in [-0.1, -0.05) is 90.3 Å². The molecule has 1 atom stereocenters. The fraction of sp³-hybridized carbons (Fsp3) is 0.429. The van der Waals surface area contributed by atoms with E-state index in [4.69, 9.17) is 14.2 Å². The predicted molar refractivity (Wildman–Crippen MR) is 161 cm³/mol. The van der Waals surface area contributed by atoms with Gasteiger partial charge in [0.1, 0.15) is 11.6 Å². The fourth-order valence-electron chi connectivity index (χ4n) is 4.33. The van der Waals surface area contributed by atoms with Gasteiger partial charge in [0.2, 0.25) is 0 Å². The van der Waals surface area contributed by atoms with Crippen LogP contribution in [-0.4, -0.2) is 25.2 Å². The number of carbonyl (C=O) groups excluding carboxylic acids is 2. The Bertz CT molecular complexity index is 1290. The Balaban J connectivity index is 1.49. The van der Waals surface area contributed by atoms with E-state index in [2.05, 4.69) is 6.92 Å². The van der Waals surface area contributed by atoms with Crippen LogP contribution >= 0.6 is 0 Å². The molecule has 0 aliphatic carbocycles. The minimum atomic E-state index is -0.720. The molecule has 0 saturated heterocycles. The number of halogens is 2. The summed E-state index contributed by atoms with van der Waals surface area (Å²) in [7, 11) is 0. The number of esters is 2. The number of ether oxygens (including phenoxy) is 3. The molecule has 226 valence electrons. The van der Waals surface area contributed by atoms with Crippen LogP contribution in [0.1, 0.15) is 99.3 Å². The third-order valence-electron chi connectivity index (χ3n) is 7.20. The van der Waals surface area contributed by atoms with E-state index >= 15 is 0 Å². The lowest BCUT2D eigenvalue weighted by atomic mass is 10.0. The number of unbranched alkanes of at least 4 members (excludes halogenated alkanes) is 7. The molecule has 0 fully saturated rings. The number of hydrogen-bond donors (Lipinski definition) is 0. The molecule has 0 N–H and O–H groups in total. The second kappa shape index (κ2) is 17.3. The van der Waals surface area contributed by atoms with Gasteiger partial charge in [0, 0.05) is 5.56 Å². The van der Waals surface area contributed by atoms with Crippen molar-refractivity contribution >= 4 is 11.9 Å². The third kappa shape index (κ3) is 10.3. The summed E-state index contributed by atoms with van der Waals surface area (Å²) in [5, 5.41) is 0. The van der Waals surface area contributed by atoms with Gasteiger partial charge in [-0.3, -0.25) is 0 Å². The minimum absolute atomic E-state index is 0.0536. The van der Waals surface area contributed by atoms with Crippen LogP contribution < -0.4 is 9.47 Å². The monoisotopic (exact) mass is 580 g/mol. The van der Waals surface area contributed by atoms with E-state index in [1.54, 1.807) is 12.1 Å². The molecular formula is C35H42F2O5. The van der Waals surface area contributed by atoms with Crippen LogP contribution in [-0.2, 0) is 4.74 Å². The van der Waals surface area contributed by atoms with Gasteiger partial charge in [0.05, 0.1) is 24.3 Å². The Morgan fingerprint density at radius 1 is 0.738 bits per heavy atom. The number of hydrogen-bond acceptors (Lipinski definition) is 5. The van der Waals surface area contributed by atoms with Crippen LogP contribution in [0.2, 0.25) is 0 Å². The van der Waals surface area contributed by atoms with Crippen LogP contribution in [0.25, 0.3) is 11.1 Å². The average molecular weight is 581 g/mol. The first-order chi connectivity index (χ1) is 20.3. The molecule has 42 heavy (non-hydrogen) atoms. The van der Waals surface area contributed by atoms with Gasteiger partial charge >= 0.3 is 11.9 Å². The van der Waals surface area contributed by atoms with Crippen molar-refractivity contribution in [3.8, 4) is 22.6 Å². The van der Waals surface area contributed by atoms with Gasteiger partial charge in [0.25, 0.3) is 0 Å². The average Bonchev–Trinajstić information content (AvgIpc) is 2.99. The van der Waals surface area contributed by atoms with Gasteiger partial charge in [-0.25, -0.2) is 18.4 Å². The zero-order chi connectivity index (χ0) is 30.3. The molecular weight excluding hydrogens is 538 g/mol. The van der Waals surface area contributed by atoms with Gasteiger partial charge < -0.3 is 14.2 Å². The zero-order valence-electron chi connectivity index (χ0n) is 24.9. The number of carbonyl (C=O) groups is 2. The van der Waals surface area contributed by atoms with Crippen molar-refractivity contribution < 1.29 is 32.6 Å². The van der Waals surface area contributed by atoms with Crippen molar-refractivity contribution in [3.05, 3.63) is 83.4 Å². The van der Waals surface area contributed by atoms with E-state index in [1.165, 1.54) is 68.5 Å². The molecule has 0 heterocycles. The third-order valence-corrected chi connectivity index (χ3v) is 7.20. The Morgan fingerprint density at radius 2 is 1.36 bits per heavy atom. The largest absolute Gasteiger partial charge is 0.491 e. The van der Waals surface area contributed by atoms with Gasteiger partial charge in [-0.2, -0.15) is 0 Å². The zero-order valence-corrected chi connectivity index (χ0v) is 24.9. The molecule has 0 aromatic heterocycles. The Labute approximate surface area is 248 Å². The van der Waals surface area contributed by atoms with Crippen molar-refractivity contribution in [3.63, 3.8) is 0 Å². The molecule has 3 aromatic carbocycles. The van der Waals surface area contributed by atoms with Crippen LogP contribution in [0.3, 0.4) is 0 Å². The highest BCUT2D eigenvalue weighted by Gasteiger charge is 2.15. The summed E-state index contributed by atoms with van der Waals surface area (Å²) in [6, 6.07) is 14.4. The lowest BCUT2D eigenvalue weighted by Gasteiger charge is -2.11. The highest BCUT2D eigenvalue weighted by Crippen LogP contribution is 2.27. The summed E-state index contributed by atoms with van der Waals surface area (Å²) >= 11 is 0. The lowest BCUT2D eigenvalue weighted by Crippen LogP contribution is -2.11. The highest BCUT2D eigenvalue weighted by molar-refractivity contribution is 5.91. The van der Waals surface area contributed by atoms with Crippen LogP contribution in [0.15, 0.2) is 60.7 Å². The smallest absolute Gasteiger partial charge is 0.343 e. The Hall–Kier alpha value is -3.74. The van der Waals surface area contributed by atoms with Gasteiger partial charge in [0.15, 0.2) is 11.6 Å². The van der Waals surface area contributed by atoms with Crippen molar-refractivity contribution in [2.24, 2.45) is 5.92 Å². The Morgan fingerprint density at radius 3 is 2.00 bits per heavy atom. The van der Waals surface area contributed by atoms with Gasteiger partial charge in [-0.15, -0.1) is 0 Å². The normalized spacial score (nSPS) is 11.6. The summed E-state index contributed by atoms with van der Waals surface area (Å²) in [6.45, 7) is 6.89. The first-order valence-corrected chi connectivity index (χ1v) is 15.0. The lowest BCUT2D eigenvalue weighted by molar-refractivity contribution is 0.0446. The molecule has 7 heteroatoms. The van der Waals surface area contributed by atoms with E-state index in [1.807, 2.05) is 13.8 Å². The van der Waals surface area contributed by atoms with E-state index in [-0.39, 0.29) is 40.7 Å². The van der Waals surface area contributed by atoms with Gasteiger partial charge in [-0.05, 0) is 60.4 Å². The number of benzene rings is 3. The highest BCUT2D eigenvalue weighted by atomic mass is 19.1. The van der Waals surface area contributed by atoms with Crippen LogP contribution in [0.4, 0.5) is 8.78 Å². The van der Waals surface area contributed by atoms with Crippen LogP contribution in [0, 0.1) is 17.6 Å². The second-order valence-corrected chi connectivity index (χ2v) is 10.7. The van der Waals surface area contributed by atoms with E-state index in [9.17, 15) is 18.4 Å². The molecule has 0 aliphatic rings. The second-order valence-electron chi connectivity index (χ2n) is 10.7. The van der Waals surface area contributed by atoms with Crippen molar-refractivity contribution in [1.29, 1.82) is 0 Å². The molecule has 3 rings (SSSR count). The molecule has 0 amide bonds. The quantitative estimate of drug-likeness (QED) is 0.0904. The van der Waals surface area contributed by atoms with Crippen molar-refractivity contribution in [1.82, 2.24) is 0 Å². The first kappa shape index (κ1) is 32.8. The standard InChI is InChI=1S/C35H42F2O5/c1-4-6-7-8-9-10-11-12-21-40-33-20-16-28(23-32(33)37)35(39)42-29-17-13-26(14-18-29)30-19-15-27(22-31(30)36)34(38)41-24-25(3)5-2/h13-20,22-23,25H,4-12,21,24H2,1-3H3/t25-/m0/s1. The fourth-order valence-corrected chi connectivity index (χ4v) is 4.33. The van der Waals surface area contributed by atoms with E-state index < -0.39 is 23.6 Å². The van der Waals surface area contributed by atoms with E-state index in [0.717, 1.165) is 37.8 Å². The summed E-state index contributed by atoms with van der Waals surface area (Å²) in [5.41, 5.74) is 1.02. The first-order valence-electron chi connectivity index (χ1n) is 15.0. The SMILES string of the molecule is CCCCCCCCCCOc1ccc(C(=O)Oc2ccc(-c3ccc(C(=O)OC[C@@H](C)CC)cc3F)cc2)cc1F. The molecule has 0 saturated carbocycles. The molecule has 3 aromatic rings. The van der Waals surface area contributed by atoms with E-state index in [0.29, 0.717) is 12.2 Å². The summed E-state index contributed by atoms with van der Waals surface area (Å²) in [4.78, 5) is 24.8. The van der Waals surface area contributed by atoms with Crippen LogP contribution in [0.5, 0.6) is 11.5 Å². The van der Waals surface area contributed by atoms with Crippen molar-refractivity contribution in [2.75, 3.05) is 13.2 Å². The maximum absolute atomic E-state index is 14.8. The topological polar surface area (TPSA) is 61.8 Å². The maximum atomic E-state index is 14.8. The molecule has 0 bridgehead atoms. The summed E-state index contributed by atoms with van der Waals surface area (Å²) in [5.74, 6) is -1.92. The molecule has 0 radical (unpaired) electrons. The Kier molecular flexibility index (Phi) is 13.5. The molecule has 0 aliphatic heterocycles. The molecule has 0 unspecified atom stereocenters. The van der Waals surface area contributed by atoms with Crippen molar-refractivity contribution in [2.45, 2.75) is 78.6 Å². The number of rotatable bonds is 17.